The average molecular weight is 366 g/mol. The number of ether oxygens (including phenoxy) is 3. The number of hydrogen-bond donors (Lipinski definition) is 0. The van der Waals surface area contributed by atoms with E-state index in [-0.39, 0.29) is 0 Å². The van der Waals surface area contributed by atoms with Gasteiger partial charge in [-0.25, -0.2) is 0 Å². The minimum Gasteiger partial charge on any atom is -0.493 e. The normalized spacial score (nSPS) is 10.9. The SMILES string of the molecule is COc1cc(CBr)cc(Cl)c1OCCOCCC(C)C. The van der Waals surface area contributed by atoms with Crippen LogP contribution in [0.5, 0.6) is 11.5 Å². The molecule has 1 aromatic carbocycles. The Hall–Kier alpha value is -0.450. The molecule has 0 saturated carbocycles. The van der Waals surface area contributed by atoms with Gasteiger partial charge in [0, 0.05) is 11.9 Å². The Morgan fingerprint density at radius 3 is 2.55 bits per heavy atom. The van der Waals surface area contributed by atoms with Crippen molar-refractivity contribution < 1.29 is 14.2 Å². The van der Waals surface area contributed by atoms with Crippen molar-refractivity contribution in [2.75, 3.05) is 26.9 Å². The molecule has 0 bridgehead atoms. The van der Waals surface area contributed by atoms with Crippen molar-refractivity contribution in [3.05, 3.63) is 22.7 Å². The van der Waals surface area contributed by atoms with Crippen molar-refractivity contribution >= 4 is 27.5 Å². The summed E-state index contributed by atoms with van der Waals surface area (Å²) >= 11 is 9.60. The molecule has 0 heterocycles. The van der Waals surface area contributed by atoms with Crippen molar-refractivity contribution in [3.8, 4) is 11.5 Å². The molecule has 0 aromatic heterocycles. The van der Waals surface area contributed by atoms with E-state index in [9.17, 15) is 0 Å². The molecule has 0 aliphatic carbocycles. The van der Waals surface area contributed by atoms with Crippen molar-refractivity contribution in [1.82, 2.24) is 0 Å². The number of benzene rings is 1. The lowest BCUT2D eigenvalue weighted by molar-refractivity contribution is 0.0916. The molecule has 5 heteroatoms. The zero-order chi connectivity index (χ0) is 15.0. The van der Waals surface area contributed by atoms with Crippen LogP contribution in [0, 0.1) is 5.92 Å². The van der Waals surface area contributed by atoms with Crippen LogP contribution in [0.4, 0.5) is 0 Å². The average Bonchev–Trinajstić information content (AvgIpc) is 2.42. The molecule has 0 N–H and O–H groups in total. The van der Waals surface area contributed by atoms with Crippen molar-refractivity contribution in [2.45, 2.75) is 25.6 Å². The van der Waals surface area contributed by atoms with Crippen LogP contribution in [0.25, 0.3) is 0 Å². The number of halogens is 2. The Labute approximate surface area is 134 Å². The van der Waals surface area contributed by atoms with Crippen molar-refractivity contribution in [1.29, 1.82) is 0 Å². The van der Waals surface area contributed by atoms with Crippen LogP contribution in [0.2, 0.25) is 5.02 Å². The lowest BCUT2D eigenvalue weighted by atomic mass is 10.1. The predicted octanol–water partition coefficient (Wildman–Crippen LogP) is 4.69. The first kappa shape index (κ1) is 17.6. The number of hydrogen-bond acceptors (Lipinski definition) is 3. The molecular formula is C15H22BrClO3. The fraction of sp³-hybridized carbons (Fsp3) is 0.600. The van der Waals surface area contributed by atoms with Gasteiger partial charge in [-0.15, -0.1) is 0 Å². The first-order chi connectivity index (χ1) is 9.58. The second-order valence-electron chi connectivity index (χ2n) is 4.89. The van der Waals surface area contributed by atoms with Crippen LogP contribution in [-0.2, 0) is 10.1 Å². The molecular weight excluding hydrogens is 344 g/mol. The molecule has 0 radical (unpaired) electrons. The van der Waals surface area contributed by atoms with E-state index < -0.39 is 0 Å². The molecule has 0 amide bonds. The molecule has 1 rings (SSSR count). The highest BCUT2D eigenvalue weighted by Gasteiger charge is 2.11. The quantitative estimate of drug-likeness (QED) is 0.469. The minimum absolute atomic E-state index is 0.460. The van der Waals surface area contributed by atoms with Crippen LogP contribution < -0.4 is 9.47 Å². The summed E-state index contributed by atoms with van der Waals surface area (Å²) < 4.78 is 16.5. The monoisotopic (exact) mass is 364 g/mol. The molecule has 1 aromatic rings. The Morgan fingerprint density at radius 2 is 1.95 bits per heavy atom. The van der Waals surface area contributed by atoms with Crippen molar-refractivity contribution in [3.63, 3.8) is 0 Å². The topological polar surface area (TPSA) is 27.7 Å². The second-order valence-corrected chi connectivity index (χ2v) is 5.85. The third-order valence-corrected chi connectivity index (χ3v) is 3.69. The third-order valence-electron chi connectivity index (χ3n) is 2.76. The molecule has 0 unspecified atom stereocenters. The molecule has 0 aliphatic heterocycles. The van der Waals surface area contributed by atoms with Gasteiger partial charge in [-0.2, -0.15) is 0 Å². The van der Waals surface area contributed by atoms with Crippen LogP contribution in [0.15, 0.2) is 12.1 Å². The first-order valence-electron chi connectivity index (χ1n) is 6.71. The summed E-state index contributed by atoms with van der Waals surface area (Å²) in [6.07, 6.45) is 1.06. The lowest BCUT2D eigenvalue weighted by Crippen LogP contribution is -2.09. The first-order valence-corrected chi connectivity index (χ1v) is 8.21. The number of rotatable bonds is 9. The van der Waals surface area contributed by atoms with Gasteiger partial charge < -0.3 is 14.2 Å². The molecule has 0 saturated heterocycles. The zero-order valence-electron chi connectivity index (χ0n) is 12.2. The second kappa shape index (κ2) is 9.48. The zero-order valence-corrected chi connectivity index (χ0v) is 14.6. The summed E-state index contributed by atoms with van der Waals surface area (Å²) in [6, 6.07) is 3.78. The minimum atomic E-state index is 0.460. The Balaban J connectivity index is 2.47. The van der Waals surface area contributed by atoms with Crippen LogP contribution in [0.3, 0.4) is 0 Å². The lowest BCUT2D eigenvalue weighted by Gasteiger charge is -2.14. The fourth-order valence-corrected chi connectivity index (χ4v) is 2.23. The van der Waals surface area contributed by atoms with Gasteiger partial charge in [0.1, 0.15) is 6.61 Å². The maximum Gasteiger partial charge on any atom is 0.179 e. The molecule has 114 valence electrons. The van der Waals surface area contributed by atoms with Gasteiger partial charge in [0.25, 0.3) is 0 Å². The molecule has 0 spiro atoms. The van der Waals surface area contributed by atoms with E-state index in [0.717, 1.165) is 23.9 Å². The van der Waals surface area contributed by atoms with E-state index in [1.165, 1.54) is 0 Å². The molecule has 0 aliphatic rings. The number of alkyl halides is 1. The van der Waals surface area contributed by atoms with Crippen LogP contribution >= 0.6 is 27.5 Å². The largest absolute Gasteiger partial charge is 0.493 e. The third kappa shape index (κ3) is 5.90. The maximum atomic E-state index is 6.21. The van der Waals surface area contributed by atoms with Crippen LogP contribution in [-0.4, -0.2) is 26.9 Å². The number of methoxy groups -OCH3 is 1. The van der Waals surface area contributed by atoms with Crippen LogP contribution in [0.1, 0.15) is 25.8 Å². The van der Waals surface area contributed by atoms with E-state index in [2.05, 4.69) is 29.8 Å². The molecule has 20 heavy (non-hydrogen) atoms. The summed E-state index contributed by atoms with van der Waals surface area (Å²) in [5.74, 6) is 1.88. The Kier molecular flexibility index (Phi) is 8.34. The van der Waals surface area contributed by atoms with Gasteiger partial charge in [0.2, 0.25) is 0 Å². The maximum absolute atomic E-state index is 6.21. The van der Waals surface area contributed by atoms with E-state index in [1.54, 1.807) is 7.11 Å². The van der Waals surface area contributed by atoms with Gasteiger partial charge >= 0.3 is 0 Å². The van der Waals surface area contributed by atoms with E-state index in [0.29, 0.717) is 35.7 Å². The highest BCUT2D eigenvalue weighted by atomic mass is 79.9. The summed E-state index contributed by atoms with van der Waals surface area (Å²) in [5.41, 5.74) is 1.05. The summed E-state index contributed by atoms with van der Waals surface area (Å²) in [4.78, 5) is 0. The van der Waals surface area contributed by atoms with Gasteiger partial charge in [-0.05, 0) is 30.0 Å². The predicted molar refractivity (Wildman–Crippen MR) is 86.4 cm³/mol. The van der Waals surface area contributed by atoms with E-state index in [1.807, 2.05) is 12.1 Å². The Bertz CT molecular complexity index is 410. The van der Waals surface area contributed by atoms with Gasteiger partial charge in [-0.3, -0.25) is 0 Å². The van der Waals surface area contributed by atoms with Crippen molar-refractivity contribution in [2.24, 2.45) is 5.92 Å². The molecule has 0 atom stereocenters. The highest BCUT2D eigenvalue weighted by molar-refractivity contribution is 9.08. The van der Waals surface area contributed by atoms with Gasteiger partial charge in [0.15, 0.2) is 11.5 Å². The van der Waals surface area contributed by atoms with E-state index in [4.69, 9.17) is 25.8 Å². The highest BCUT2D eigenvalue weighted by Crippen LogP contribution is 2.36. The summed E-state index contributed by atoms with van der Waals surface area (Å²) in [6.45, 7) is 6.12. The van der Waals surface area contributed by atoms with Gasteiger partial charge in [-0.1, -0.05) is 41.4 Å². The van der Waals surface area contributed by atoms with E-state index >= 15 is 0 Å². The van der Waals surface area contributed by atoms with Gasteiger partial charge in [0.05, 0.1) is 18.7 Å². The molecule has 0 fully saturated rings. The fourth-order valence-electron chi connectivity index (χ4n) is 1.61. The molecule has 3 nitrogen and oxygen atoms in total. The summed E-state index contributed by atoms with van der Waals surface area (Å²) in [5, 5.41) is 1.28. The summed E-state index contributed by atoms with van der Waals surface area (Å²) in [7, 11) is 1.61. The standard InChI is InChI=1S/C15H22BrClO3/c1-11(2)4-5-19-6-7-20-15-13(17)8-12(10-16)9-14(15)18-3/h8-9,11H,4-7,10H2,1-3H3. The Morgan fingerprint density at radius 1 is 1.20 bits per heavy atom. The smallest absolute Gasteiger partial charge is 0.179 e.